The van der Waals surface area contributed by atoms with Crippen LogP contribution in [-0.2, 0) is 4.74 Å². The summed E-state index contributed by atoms with van der Waals surface area (Å²) in [7, 11) is 0. The van der Waals surface area contributed by atoms with Crippen LogP contribution in [0.25, 0.3) is 0 Å². The first-order valence-electron chi connectivity index (χ1n) is 6.60. The van der Waals surface area contributed by atoms with Crippen molar-refractivity contribution < 1.29 is 4.74 Å². The van der Waals surface area contributed by atoms with Crippen LogP contribution in [0.1, 0.15) is 71.6 Å². The first kappa shape index (κ1) is 12.6. The van der Waals surface area contributed by atoms with Crippen molar-refractivity contribution >= 4 is 0 Å². The van der Waals surface area contributed by atoms with E-state index in [2.05, 4.69) is 19.9 Å². The van der Waals surface area contributed by atoms with Crippen molar-refractivity contribution in [3.63, 3.8) is 0 Å². The molecule has 0 aromatic rings. The summed E-state index contributed by atoms with van der Waals surface area (Å²) in [6, 6.07) is 0. The second-order valence-electron chi connectivity index (χ2n) is 5.01. The Morgan fingerprint density at radius 1 is 1.07 bits per heavy atom. The van der Waals surface area contributed by atoms with Crippen molar-refractivity contribution in [1.29, 1.82) is 0 Å². The molecule has 0 N–H and O–H groups in total. The minimum atomic E-state index is 0.128. The molecule has 0 amide bonds. The zero-order valence-corrected chi connectivity index (χ0v) is 10.4. The van der Waals surface area contributed by atoms with Crippen molar-refractivity contribution in [3.8, 4) is 0 Å². The van der Waals surface area contributed by atoms with Gasteiger partial charge in [-0.25, -0.2) is 0 Å². The summed E-state index contributed by atoms with van der Waals surface area (Å²) in [5, 5.41) is 0. The minimum absolute atomic E-state index is 0.128. The van der Waals surface area contributed by atoms with Crippen molar-refractivity contribution in [1.82, 2.24) is 0 Å². The smallest absolute Gasteiger partial charge is 0.109 e. The molecule has 1 heteroatoms. The molecule has 15 heavy (non-hydrogen) atoms. The standard InChI is InChI=1S/C14H26O/c1-3-4-5-6-7-8-9-11-14(2)12-10-13-15-14/h10,13H,3-9,11-12H2,1-2H3. The van der Waals surface area contributed by atoms with Crippen molar-refractivity contribution in [3.05, 3.63) is 12.3 Å². The van der Waals surface area contributed by atoms with Crippen LogP contribution >= 0.6 is 0 Å². The van der Waals surface area contributed by atoms with Gasteiger partial charge in [0.25, 0.3) is 0 Å². The van der Waals surface area contributed by atoms with E-state index in [1.54, 1.807) is 0 Å². The van der Waals surface area contributed by atoms with Crippen LogP contribution in [0.15, 0.2) is 12.3 Å². The van der Waals surface area contributed by atoms with Gasteiger partial charge in [-0.1, -0.05) is 45.4 Å². The molecule has 1 aliphatic heterocycles. The highest BCUT2D eigenvalue weighted by molar-refractivity contribution is 4.94. The van der Waals surface area contributed by atoms with Crippen LogP contribution in [-0.4, -0.2) is 5.60 Å². The summed E-state index contributed by atoms with van der Waals surface area (Å²) in [6.45, 7) is 4.50. The predicted molar refractivity (Wildman–Crippen MR) is 65.9 cm³/mol. The molecule has 1 unspecified atom stereocenters. The molecule has 0 aromatic carbocycles. The van der Waals surface area contributed by atoms with Gasteiger partial charge in [-0.15, -0.1) is 0 Å². The molecule has 0 bridgehead atoms. The third-order valence-electron chi connectivity index (χ3n) is 3.31. The van der Waals surface area contributed by atoms with Crippen LogP contribution in [0.5, 0.6) is 0 Å². The number of unbranched alkanes of at least 4 members (excludes halogenated alkanes) is 6. The Morgan fingerprint density at radius 3 is 2.33 bits per heavy atom. The van der Waals surface area contributed by atoms with Gasteiger partial charge in [0.05, 0.1) is 6.26 Å². The van der Waals surface area contributed by atoms with Gasteiger partial charge in [0.15, 0.2) is 0 Å². The van der Waals surface area contributed by atoms with E-state index in [1.165, 1.54) is 51.4 Å². The van der Waals surface area contributed by atoms with E-state index >= 15 is 0 Å². The quantitative estimate of drug-likeness (QED) is 0.522. The van der Waals surface area contributed by atoms with Crippen LogP contribution in [0.2, 0.25) is 0 Å². The third-order valence-corrected chi connectivity index (χ3v) is 3.31. The van der Waals surface area contributed by atoms with Gasteiger partial charge < -0.3 is 4.74 Å². The minimum Gasteiger partial charge on any atom is -0.495 e. The van der Waals surface area contributed by atoms with E-state index in [-0.39, 0.29) is 5.60 Å². The second kappa shape index (κ2) is 6.92. The Labute approximate surface area is 94.9 Å². The zero-order valence-electron chi connectivity index (χ0n) is 10.4. The summed E-state index contributed by atoms with van der Waals surface area (Å²) in [4.78, 5) is 0. The first-order chi connectivity index (χ1) is 7.27. The van der Waals surface area contributed by atoms with Crippen molar-refractivity contribution in [2.45, 2.75) is 77.2 Å². The Bertz CT molecular complexity index is 176. The summed E-state index contributed by atoms with van der Waals surface area (Å²) in [5.41, 5.74) is 0.128. The van der Waals surface area contributed by atoms with Crippen molar-refractivity contribution in [2.24, 2.45) is 0 Å². The highest BCUT2D eigenvalue weighted by Gasteiger charge is 2.25. The van der Waals surface area contributed by atoms with Gasteiger partial charge in [0.1, 0.15) is 5.60 Å². The number of rotatable bonds is 8. The molecule has 0 saturated carbocycles. The second-order valence-corrected chi connectivity index (χ2v) is 5.01. The lowest BCUT2D eigenvalue weighted by atomic mass is 9.95. The average Bonchev–Trinajstić information content (AvgIpc) is 2.64. The summed E-state index contributed by atoms with van der Waals surface area (Å²) in [6.07, 6.45) is 16.0. The van der Waals surface area contributed by atoms with E-state index in [0.717, 1.165) is 6.42 Å². The van der Waals surface area contributed by atoms with Crippen LogP contribution in [0.3, 0.4) is 0 Å². The fourth-order valence-electron chi connectivity index (χ4n) is 2.17. The SMILES string of the molecule is CCCCCCCCCC1(C)CC=CO1. The maximum absolute atomic E-state index is 5.60. The first-order valence-corrected chi connectivity index (χ1v) is 6.60. The normalized spacial score (nSPS) is 24.4. The molecule has 0 radical (unpaired) electrons. The molecule has 0 saturated heterocycles. The maximum atomic E-state index is 5.60. The molecule has 1 nitrogen and oxygen atoms in total. The Morgan fingerprint density at radius 2 is 1.73 bits per heavy atom. The lowest BCUT2D eigenvalue weighted by molar-refractivity contribution is 0.0520. The zero-order chi connectivity index (χ0) is 11.0. The Hall–Kier alpha value is -0.460. The summed E-state index contributed by atoms with van der Waals surface area (Å²) in [5.74, 6) is 0. The van der Waals surface area contributed by atoms with E-state index < -0.39 is 0 Å². The molecule has 0 aliphatic carbocycles. The summed E-state index contributed by atoms with van der Waals surface area (Å²) >= 11 is 0. The Balaban J connectivity index is 1.88. The van der Waals surface area contributed by atoms with Gasteiger partial charge in [-0.2, -0.15) is 0 Å². The maximum Gasteiger partial charge on any atom is 0.109 e. The molecular formula is C14H26O. The largest absolute Gasteiger partial charge is 0.495 e. The van der Waals surface area contributed by atoms with E-state index in [9.17, 15) is 0 Å². The predicted octanol–water partition coefficient (Wildman–Crippen LogP) is 4.82. The molecule has 0 spiro atoms. The third kappa shape index (κ3) is 5.25. The highest BCUT2D eigenvalue weighted by Crippen LogP contribution is 2.28. The van der Waals surface area contributed by atoms with Crippen LogP contribution in [0.4, 0.5) is 0 Å². The number of hydrogen-bond donors (Lipinski definition) is 0. The topological polar surface area (TPSA) is 9.23 Å². The monoisotopic (exact) mass is 210 g/mol. The molecule has 0 aromatic heterocycles. The fourth-order valence-corrected chi connectivity index (χ4v) is 2.17. The van der Waals surface area contributed by atoms with Crippen LogP contribution < -0.4 is 0 Å². The fraction of sp³-hybridized carbons (Fsp3) is 0.857. The van der Waals surface area contributed by atoms with Crippen molar-refractivity contribution in [2.75, 3.05) is 0 Å². The molecular weight excluding hydrogens is 184 g/mol. The highest BCUT2D eigenvalue weighted by atomic mass is 16.5. The molecule has 1 heterocycles. The Kier molecular flexibility index (Phi) is 5.82. The van der Waals surface area contributed by atoms with E-state index in [1.807, 2.05) is 6.26 Å². The average molecular weight is 210 g/mol. The van der Waals surface area contributed by atoms with Gasteiger partial charge >= 0.3 is 0 Å². The molecule has 1 aliphatic rings. The molecule has 88 valence electrons. The lowest BCUT2D eigenvalue weighted by Crippen LogP contribution is -2.22. The van der Waals surface area contributed by atoms with Gasteiger partial charge in [-0.3, -0.25) is 0 Å². The van der Waals surface area contributed by atoms with Gasteiger partial charge in [-0.05, 0) is 25.8 Å². The molecule has 1 atom stereocenters. The summed E-state index contributed by atoms with van der Waals surface area (Å²) < 4.78 is 5.60. The number of ether oxygens (including phenoxy) is 1. The molecule has 0 fully saturated rings. The van der Waals surface area contributed by atoms with Gasteiger partial charge in [0.2, 0.25) is 0 Å². The van der Waals surface area contributed by atoms with Crippen LogP contribution in [0, 0.1) is 0 Å². The van der Waals surface area contributed by atoms with Gasteiger partial charge in [0, 0.05) is 6.42 Å². The van der Waals surface area contributed by atoms with E-state index in [4.69, 9.17) is 4.74 Å². The number of hydrogen-bond acceptors (Lipinski definition) is 1. The lowest BCUT2D eigenvalue weighted by Gasteiger charge is -2.23. The molecule has 1 rings (SSSR count). The van der Waals surface area contributed by atoms with E-state index in [0.29, 0.717) is 0 Å².